The number of benzene rings is 2. The molecule has 0 aliphatic carbocycles. The standard InChI is InChI=1S/C29H42O3P.Li/c1-26(2,3)20-14-18-13-19-15-21(27(4,5)6)17-23(29(10,11)12)25(19)32-33(30)31-24(18)22(16-20)28(7,8)9;/h14-17H,13H2,1-12H3;/q+1;. The van der Waals surface area contributed by atoms with Crippen molar-refractivity contribution < 1.29 is 13.6 Å². The first-order valence-electron chi connectivity index (χ1n) is 12.0. The molecular formula is C29H42LiO3P+. The molecule has 5 heteroatoms. The van der Waals surface area contributed by atoms with E-state index < -0.39 is 8.25 Å². The number of rotatable bonds is 0. The van der Waals surface area contributed by atoms with Crippen LogP contribution in [0.25, 0.3) is 0 Å². The molecule has 0 aromatic heterocycles. The molecule has 3 rings (SSSR count). The molecule has 0 unspecified atom stereocenters. The largest absolute Gasteiger partial charge is 0.805 e. The van der Waals surface area contributed by atoms with Crippen molar-refractivity contribution in [1.82, 2.24) is 0 Å². The molecule has 0 atom stereocenters. The predicted molar refractivity (Wildman–Crippen MR) is 145 cm³/mol. The summed E-state index contributed by atoms with van der Waals surface area (Å²) in [5.74, 6) is 1.42. The molecule has 1 aliphatic rings. The van der Waals surface area contributed by atoms with E-state index in [0.717, 1.165) is 22.3 Å². The van der Waals surface area contributed by atoms with Crippen LogP contribution in [-0.2, 0) is 32.6 Å². The second kappa shape index (κ2) is 9.31. The van der Waals surface area contributed by atoms with Crippen LogP contribution < -0.4 is 9.05 Å². The Balaban J connectivity index is 0.00000408. The molecule has 0 fully saturated rings. The van der Waals surface area contributed by atoms with Gasteiger partial charge in [-0.25, -0.2) is 9.05 Å². The molecule has 0 amide bonds. The molecule has 1 heterocycles. The summed E-state index contributed by atoms with van der Waals surface area (Å²) >= 11 is 0. The van der Waals surface area contributed by atoms with Crippen molar-refractivity contribution >= 4 is 27.1 Å². The van der Waals surface area contributed by atoms with E-state index in [1.165, 1.54) is 11.1 Å². The minimum Gasteiger partial charge on any atom is -0.222 e. The van der Waals surface area contributed by atoms with Gasteiger partial charge in [0.1, 0.15) is 0 Å². The first-order valence-corrected chi connectivity index (χ1v) is 13.1. The third-order valence-electron chi connectivity index (χ3n) is 6.39. The van der Waals surface area contributed by atoms with Crippen LogP contribution in [0.3, 0.4) is 0 Å². The average Bonchev–Trinajstić information content (AvgIpc) is 2.58. The minimum absolute atomic E-state index is 0. The van der Waals surface area contributed by atoms with Crippen LogP contribution in [0, 0.1) is 0 Å². The molecule has 0 N–H and O–H groups in total. The van der Waals surface area contributed by atoms with Gasteiger partial charge >= 0.3 is 8.25 Å². The Hall–Kier alpha value is -1.26. The quantitative estimate of drug-likeness (QED) is 0.282. The van der Waals surface area contributed by atoms with E-state index >= 15 is 0 Å². The molecule has 34 heavy (non-hydrogen) atoms. The zero-order chi connectivity index (χ0) is 25.1. The van der Waals surface area contributed by atoms with Crippen LogP contribution in [-0.4, -0.2) is 18.9 Å². The van der Waals surface area contributed by atoms with Crippen molar-refractivity contribution in [2.24, 2.45) is 0 Å². The summed E-state index contributed by atoms with van der Waals surface area (Å²) in [4.78, 5) is 0. The molecule has 2 aromatic rings. The van der Waals surface area contributed by atoms with Gasteiger partial charge in [0.25, 0.3) is 0 Å². The third-order valence-corrected chi connectivity index (χ3v) is 7.06. The van der Waals surface area contributed by atoms with Crippen LogP contribution in [0.4, 0.5) is 0 Å². The number of hydrogen-bond acceptors (Lipinski definition) is 3. The Morgan fingerprint density at radius 2 is 0.912 bits per heavy atom. The normalized spacial score (nSPS) is 14.6. The predicted octanol–water partition coefficient (Wildman–Crippen LogP) is 8.52. The van der Waals surface area contributed by atoms with Crippen molar-refractivity contribution in [1.29, 1.82) is 0 Å². The Kier molecular flexibility index (Phi) is 7.94. The molecule has 0 bridgehead atoms. The number of hydrogen-bond donors (Lipinski definition) is 0. The van der Waals surface area contributed by atoms with Gasteiger partial charge in [-0.2, -0.15) is 0 Å². The summed E-state index contributed by atoms with van der Waals surface area (Å²) in [6.45, 7) is 26.5. The van der Waals surface area contributed by atoms with E-state index in [0.29, 0.717) is 17.9 Å². The minimum atomic E-state index is -2.36. The molecular weight excluding hydrogens is 434 g/mol. The third kappa shape index (κ3) is 6.10. The van der Waals surface area contributed by atoms with E-state index in [1.54, 1.807) is 0 Å². The zero-order valence-electron chi connectivity index (χ0n) is 23.7. The van der Waals surface area contributed by atoms with E-state index in [-0.39, 0.29) is 40.5 Å². The van der Waals surface area contributed by atoms with Crippen molar-refractivity contribution in [3.63, 3.8) is 0 Å². The molecule has 0 saturated heterocycles. The van der Waals surface area contributed by atoms with Crippen LogP contribution in [0.2, 0.25) is 0 Å². The van der Waals surface area contributed by atoms with Gasteiger partial charge in [-0.3, -0.25) is 0 Å². The van der Waals surface area contributed by atoms with E-state index in [4.69, 9.17) is 9.05 Å². The molecule has 3 nitrogen and oxygen atoms in total. The summed E-state index contributed by atoms with van der Waals surface area (Å²) in [5.41, 5.74) is 6.47. The second-order valence-corrected chi connectivity index (χ2v) is 14.4. The van der Waals surface area contributed by atoms with Gasteiger partial charge in [-0.1, -0.05) is 107 Å². The molecule has 181 valence electrons. The second-order valence-electron chi connectivity index (χ2n) is 13.6. The van der Waals surface area contributed by atoms with Gasteiger partial charge in [0.05, 0.1) is 0 Å². The van der Waals surface area contributed by atoms with E-state index in [2.05, 4.69) is 107 Å². The van der Waals surface area contributed by atoms with Crippen LogP contribution in [0.1, 0.15) is 116 Å². The van der Waals surface area contributed by atoms with E-state index in [1.807, 2.05) is 0 Å². The topological polar surface area (TPSA) is 35.5 Å². The summed E-state index contributed by atoms with van der Waals surface area (Å²) in [7, 11) is -2.36. The monoisotopic (exact) mass is 476 g/mol. The maximum atomic E-state index is 13.2. The SMILES string of the molecule is CC(C)(C)c1cc2c(c(C(C)(C)C)c1)O[P+](=O)Oc1c(cc(C(C)(C)C)cc1C(C)(C)C)C2.[Li]. The van der Waals surface area contributed by atoms with Crippen LogP contribution in [0.5, 0.6) is 11.5 Å². The molecule has 1 aliphatic heterocycles. The van der Waals surface area contributed by atoms with E-state index in [9.17, 15) is 4.57 Å². The molecule has 1 radical (unpaired) electrons. The van der Waals surface area contributed by atoms with Gasteiger partial charge < -0.3 is 0 Å². The summed E-state index contributed by atoms with van der Waals surface area (Å²) in [5, 5.41) is 0. The maximum Gasteiger partial charge on any atom is 0.805 e. The van der Waals surface area contributed by atoms with Gasteiger partial charge in [-0.05, 0) is 32.8 Å². The maximum absolute atomic E-state index is 13.2. The fraction of sp³-hybridized carbons (Fsp3) is 0.586. The van der Waals surface area contributed by atoms with Gasteiger partial charge in [0.2, 0.25) is 0 Å². The fourth-order valence-electron chi connectivity index (χ4n) is 4.21. The van der Waals surface area contributed by atoms with Crippen LogP contribution in [0.15, 0.2) is 24.3 Å². The van der Waals surface area contributed by atoms with Crippen molar-refractivity contribution in [3.8, 4) is 11.5 Å². The number of fused-ring (bicyclic) bond motifs is 2. The summed E-state index contributed by atoms with van der Waals surface area (Å²) in [6.07, 6.45) is 0.674. The smallest absolute Gasteiger partial charge is 0.222 e. The van der Waals surface area contributed by atoms with Crippen LogP contribution >= 0.6 is 8.25 Å². The van der Waals surface area contributed by atoms with Gasteiger partial charge in [-0.15, -0.1) is 0 Å². The summed E-state index contributed by atoms with van der Waals surface area (Å²) < 4.78 is 25.3. The molecule has 2 aromatic carbocycles. The van der Waals surface area contributed by atoms with Crippen molar-refractivity contribution in [3.05, 3.63) is 57.6 Å². The molecule has 0 saturated carbocycles. The van der Waals surface area contributed by atoms with Gasteiger partial charge in [0.15, 0.2) is 11.5 Å². The van der Waals surface area contributed by atoms with Gasteiger partial charge in [0, 0.05) is 52.1 Å². The summed E-state index contributed by atoms with van der Waals surface area (Å²) in [6, 6.07) is 8.92. The Morgan fingerprint density at radius 1 is 0.588 bits per heavy atom. The zero-order valence-corrected chi connectivity index (χ0v) is 24.6. The Labute approximate surface area is 220 Å². The Morgan fingerprint density at radius 3 is 1.18 bits per heavy atom. The average molecular weight is 477 g/mol. The first kappa shape index (κ1) is 29.0. The molecule has 0 spiro atoms. The van der Waals surface area contributed by atoms with Crippen molar-refractivity contribution in [2.75, 3.05) is 0 Å². The van der Waals surface area contributed by atoms with Crippen molar-refractivity contribution in [2.45, 2.75) is 111 Å². The first-order chi connectivity index (χ1) is 14.8. The fourth-order valence-corrected chi connectivity index (χ4v) is 4.98. The Bertz CT molecular complexity index is 1010.